The van der Waals surface area contributed by atoms with Crippen LogP contribution in [0.2, 0.25) is 0 Å². The summed E-state index contributed by atoms with van der Waals surface area (Å²) in [7, 11) is 1.48. The molecule has 0 N–H and O–H groups in total. The first kappa shape index (κ1) is 19.0. The number of hydrogen-bond donors (Lipinski definition) is 0. The molecule has 0 bridgehead atoms. The molecule has 1 aliphatic carbocycles. The summed E-state index contributed by atoms with van der Waals surface area (Å²) in [4.78, 5) is 25.1. The minimum Gasteiger partial charge on any atom is -0.496 e. The molecular weight excluding hydrogens is 346 g/mol. The normalized spacial score (nSPS) is 17.1. The van der Waals surface area contributed by atoms with Crippen molar-refractivity contribution in [2.75, 3.05) is 7.11 Å². The number of nitriles is 1. The summed E-state index contributed by atoms with van der Waals surface area (Å²) in [6, 6.07) is 2.07. The number of ether oxygens (including phenoxy) is 3. The molecule has 27 heavy (non-hydrogen) atoms. The number of allylic oxidation sites excluding steroid dienone is 1. The Morgan fingerprint density at radius 2 is 2.00 bits per heavy atom. The van der Waals surface area contributed by atoms with Crippen molar-refractivity contribution in [3.63, 3.8) is 0 Å². The Balaban J connectivity index is 2.09. The van der Waals surface area contributed by atoms with Gasteiger partial charge in [0.05, 0.1) is 23.8 Å². The smallest absolute Gasteiger partial charge is 0.340 e. The minimum absolute atomic E-state index is 0.100. The van der Waals surface area contributed by atoms with Crippen molar-refractivity contribution >= 4 is 17.5 Å². The molecule has 1 fully saturated rings. The van der Waals surface area contributed by atoms with Crippen LogP contribution in [0.4, 0.5) is 0 Å². The largest absolute Gasteiger partial charge is 0.496 e. The van der Waals surface area contributed by atoms with Crippen molar-refractivity contribution in [1.29, 1.82) is 5.26 Å². The first-order valence-electron chi connectivity index (χ1n) is 9.21. The van der Waals surface area contributed by atoms with Gasteiger partial charge in [0, 0.05) is 11.1 Å². The summed E-state index contributed by atoms with van der Waals surface area (Å²) in [5, 5.41) is 9.77. The number of rotatable bonds is 4. The van der Waals surface area contributed by atoms with E-state index in [9.17, 15) is 14.9 Å². The number of cyclic esters (lactones) is 1. The summed E-state index contributed by atoms with van der Waals surface area (Å²) in [6.45, 7) is 3.60. The third kappa shape index (κ3) is 3.30. The van der Waals surface area contributed by atoms with Crippen LogP contribution in [0.15, 0.2) is 6.08 Å². The zero-order chi connectivity index (χ0) is 19.6. The number of nitrogens with zero attached hydrogens (tertiary/aromatic N) is 1. The highest BCUT2D eigenvalue weighted by Crippen LogP contribution is 2.41. The van der Waals surface area contributed by atoms with Crippen LogP contribution in [0.3, 0.4) is 0 Å². The Bertz CT molecular complexity index is 857. The van der Waals surface area contributed by atoms with Crippen molar-refractivity contribution in [2.24, 2.45) is 0 Å². The summed E-state index contributed by atoms with van der Waals surface area (Å²) in [5.41, 5.74) is 2.18. The quantitative estimate of drug-likeness (QED) is 0.592. The molecule has 1 heterocycles. The van der Waals surface area contributed by atoms with Gasteiger partial charge in [0.1, 0.15) is 24.5 Å². The number of hydrogen-bond acceptors (Lipinski definition) is 6. The number of benzene rings is 1. The Kier molecular flexibility index (Phi) is 5.50. The van der Waals surface area contributed by atoms with E-state index in [1.807, 2.05) is 0 Å². The summed E-state index contributed by atoms with van der Waals surface area (Å²) in [6.07, 6.45) is 6.43. The lowest BCUT2D eigenvalue weighted by molar-refractivity contribution is -0.143. The van der Waals surface area contributed by atoms with Gasteiger partial charge in [-0.05, 0) is 45.1 Å². The molecule has 0 unspecified atom stereocenters. The topological polar surface area (TPSA) is 85.6 Å². The SMILES string of the molecule is CC=C(C(=O)OC1CCCCC1)c1c(C#N)c2c(c(C)c1OC)COC2=O. The van der Waals surface area contributed by atoms with Crippen molar-refractivity contribution in [2.45, 2.75) is 58.7 Å². The first-order valence-corrected chi connectivity index (χ1v) is 9.21. The fourth-order valence-corrected chi connectivity index (χ4v) is 3.90. The van der Waals surface area contributed by atoms with Gasteiger partial charge in [0.15, 0.2) is 0 Å². The zero-order valence-electron chi connectivity index (χ0n) is 15.9. The Hall–Kier alpha value is -2.81. The van der Waals surface area contributed by atoms with E-state index in [1.54, 1.807) is 19.9 Å². The predicted molar refractivity (Wildman–Crippen MR) is 98.2 cm³/mol. The zero-order valence-corrected chi connectivity index (χ0v) is 15.9. The lowest BCUT2D eigenvalue weighted by Gasteiger charge is -2.23. The molecule has 3 rings (SSSR count). The van der Waals surface area contributed by atoms with Gasteiger partial charge in [0.2, 0.25) is 0 Å². The molecule has 0 radical (unpaired) electrons. The second kappa shape index (κ2) is 7.83. The number of methoxy groups -OCH3 is 1. The third-order valence-electron chi connectivity index (χ3n) is 5.29. The molecule has 1 aromatic rings. The number of esters is 2. The van der Waals surface area contributed by atoms with Crippen LogP contribution < -0.4 is 4.74 Å². The van der Waals surface area contributed by atoms with Crippen LogP contribution >= 0.6 is 0 Å². The van der Waals surface area contributed by atoms with Crippen molar-refractivity contribution in [3.8, 4) is 11.8 Å². The maximum atomic E-state index is 12.9. The fourth-order valence-electron chi connectivity index (χ4n) is 3.90. The first-order chi connectivity index (χ1) is 13.0. The van der Waals surface area contributed by atoms with Gasteiger partial charge in [-0.15, -0.1) is 0 Å². The second-order valence-corrected chi connectivity index (χ2v) is 6.82. The maximum absolute atomic E-state index is 12.9. The molecule has 0 saturated heterocycles. The highest BCUT2D eigenvalue weighted by molar-refractivity contribution is 6.19. The fraction of sp³-hybridized carbons (Fsp3) is 0.476. The van der Waals surface area contributed by atoms with Crippen LogP contribution in [-0.2, 0) is 20.9 Å². The van der Waals surface area contributed by atoms with Gasteiger partial charge in [0.25, 0.3) is 0 Å². The van der Waals surface area contributed by atoms with Crippen molar-refractivity contribution in [1.82, 2.24) is 0 Å². The molecule has 1 aromatic carbocycles. The van der Waals surface area contributed by atoms with E-state index < -0.39 is 11.9 Å². The molecule has 0 atom stereocenters. The van der Waals surface area contributed by atoms with E-state index in [1.165, 1.54) is 7.11 Å². The molecule has 6 nitrogen and oxygen atoms in total. The van der Waals surface area contributed by atoms with Gasteiger partial charge in [-0.1, -0.05) is 12.5 Å². The standard InChI is InChI=1S/C21H23NO5/c1-4-14(20(23)27-13-8-6-5-7-9-13)17-15(10-22)18-16(11-26-21(18)24)12(2)19(17)25-3/h4,13H,5-9,11H2,1-3H3. The highest BCUT2D eigenvalue weighted by Gasteiger charge is 2.35. The van der Waals surface area contributed by atoms with Crippen molar-refractivity contribution < 1.29 is 23.8 Å². The average Bonchev–Trinajstić information content (AvgIpc) is 3.06. The molecule has 1 saturated carbocycles. The molecule has 142 valence electrons. The molecule has 2 aliphatic rings. The van der Waals surface area contributed by atoms with E-state index >= 15 is 0 Å². The van der Waals surface area contributed by atoms with Gasteiger partial charge < -0.3 is 14.2 Å². The monoisotopic (exact) mass is 369 g/mol. The van der Waals surface area contributed by atoms with E-state index in [0.717, 1.165) is 32.1 Å². The van der Waals surface area contributed by atoms with E-state index in [0.29, 0.717) is 22.4 Å². The molecule has 0 amide bonds. The predicted octanol–water partition coefficient (Wildman–Crippen LogP) is 3.82. The molecule has 6 heteroatoms. The van der Waals surface area contributed by atoms with Crippen LogP contribution in [0.5, 0.6) is 5.75 Å². The number of fused-ring (bicyclic) bond motifs is 1. The highest BCUT2D eigenvalue weighted by atomic mass is 16.5. The molecule has 1 aliphatic heterocycles. The van der Waals surface area contributed by atoms with E-state index in [4.69, 9.17) is 14.2 Å². The third-order valence-corrected chi connectivity index (χ3v) is 5.29. The lowest BCUT2D eigenvalue weighted by atomic mass is 9.88. The van der Waals surface area contributed by atoms with Crippen LogP contribution in [0.25, 0.3) is 5.57 Å². The van der Waals surface area contributed by atoms with Gasteiger partial charge >= 0.3 is 11.9 Å². The summed E-state index contributed by atoms with van der Waals surface area (Å²) < 4.78 is 16.3. The Labute approximate surface area is 158 Å². The van der Waals surface area contributed by atoms with Gasteiger partial charge in [-0.3, -0.25) is 0 Å². The van der Waals surface area contributed by atoms with E-state index in [2.05, 4.69) is 6.07 Å². The van der Waals surface area contributed by atoms with Gasteiger partial charge in [-0.25, -0.2) is 9.59 Å². The Morgan fingerprint density at radius 3 is 2.59 bits per heavy atom. The second-order valence-electron chi connectivity index (χ2n) is 6.82. The van der Waals surface area contributed by atoms with Crippen LogP contribution in [0, 0.1) is 18.3 Å². The maximum Gasteiger partial charge on any atom is 0.340 e. The lowest BCUT2D eigenvalue weighted by Crippen LogP contribution is -2.22. The van der Waals surface area contributed by atoms with Crippen LogP contribution in [0.1, 0.15) is 71.6 Å². The van der Waals surface area contributed by atoms with Gasteiger partial charge in [-0.2, -0.15) is 5.26 Å². The Morgan fingerprint density at radius 1 is 1.30 bits per heavy atom. The molecular formula is C21H23NO5. The molecule has 0 aromatic heterocycles. The van der Waals surface area contributed by atoms with Crippen LogP contribution in [-0.4, -0.2) is 25.2 Å². The average molecular weight is 369 g/mol. The molecule has 0 spiro atoms. The number of carbonyl (C=O) groups is 2. The van der Waals surface area contributed by atoms with Crippen molar-refractivity contribution in [3.05, 3.63) is 33.9 Å². The summed E-state index contributed by atoms with van der Waals surface area (Å²) in [5.74, 6) is -0.646. The summed E-state index contributed by atoms with van der Waals surface area (Å²) >= 11 is 0. The van der Waals surface area contributed by atoms with E-state index in [-0.39, 0.29) is 29.4 Å². The number of carbonyl (C=O) groups excluding carboxylic acids is 2. The minimum atomic E-state index is -0.551.